The number of halogens is 3. The number of benzene rings is 1. The number of fused-ring (bicyclic) bond motifs is 3. The van der Waals surface area contributed by atoms with Crippen LogP contribution in [0.2, 0.25) is 0 Å². The lowest BCUT2D eigenvalue weighted by atomic mass is 9.57. The highest BCUT2D eigenvalue weighted by Gasteiger charge is 2.64. The predicted molar refractivity (Wildman–Crippen MR) is 138 cm³/mol. The first-order valence-electron chi connectivity index (χ1n) is 13.4. The minimum atomic E-state index is -4.26. The first-order valence-corrected chi connectivity index (χ1v) is 13.4. The third kappa shape index (κ3) is 4.41. The first-order chi connectivity index (χ1) is 19.1. The summed E-state index contributed by atoms with van der Waals surface area (Å²) in [6, 6.07) is 2.14. The van der Waals surface area contributed by atoms with E-state index < -0.39 is 70.1 Å². The van der Waals surface area contributed by atoms with E-state index in [2.05, 4.69) is 0 Å². The molecule has 4 atom stereocenters. The van der Waals surface area contributed by atoms with Crippen LogP contribution in [0.1, 0.15) is 36.0 Å². The average molecular weight is 580 g/mol. The number of aliphatic hydroxyl groups excluding tert-OH is 2. The highest BCUT2D eigenvalue weighted by atomic mass is 19.4. The molecular weight excluding hydrogens is 547 g/mol. The Hall–Kier alpha value is -3.42. The standard InChI is InChI=1S/C28H32F3N3O7/c1-33(2)20-16-10-14-9-12-3-4-13(11-34-7-5-15(6-8-34)28(29,30)31)21(35)17(12)22(36)18(14)24(38)27(16,41)25(39)19(23(20)37)26(32)40/h3-4,14-16,20,35-36,39,41H,5-11H2,1-2H3,(H2,32,40)/t14-,16-,20-,27-/m0/s1. The fraction of sp³-hybridized carbons (Fsp3) is 0.536. The third-order valence-corrected chi connectivity index (χ3v) is 9.12. The van der Waals surface area contributed by atoms with Crippen molar-refractivity contribution < 1.29 is 48.0 Å². The van der Waals surface area contributed by atoms with Crippen LogP contribution in [0.25, 0.3) is 5.76 Å². The summed E-state index contributed by atoms with van der Waals surface area (Å²) < 4.78 is 39.2. The van der Waals surface area contributed by atoms with Gasteiger partial charge in [-0.2, -0.15) is 13.2 Å². The molecule has 2 fully saturated rings. The van der Waals surface area contributed by atoms with E-state index >= 15 is 0 Å². The van der Waals surface area contributed by atoms with Gasteiger partial charge in [0.05, 0.1) is 17.5 Å². The number of aliphatic hydroxyl groups is 3. The predicted octanol–water partition coefficient (Wildman–Crippen LogP) is 1.74. The van der Waals surface area contributed by atoms with Gasteiger partial charge in [0.1, 0.15) is 22.8 Å². The smallest absolute Gasteiger partial charge is 0.391 e. The quantitative estimate of drug-likeness (QED) is 0.334. The Balaban J connectivity index is 1.52. The van der Waals surface area contributed by atoms with Crippen LogP contribution < -0.4 is 5.73 Å². The number of phenols is 1. The Kier molecular flexibility index (Phi) is 6.98. The maximum Gasteiger partial charge on any atom is 0.391 e. The molecule has 4 aliphatic rings. The molecule has 6 N–H and O–H groups in total. The maximum atomic E-state index is 13.9. The van der Waals surface area contributed by atoms with Crippen molar-refractivity contribution in [2.24, 2.45) is 23.5 Å². The van der Waals surface area contributed by atoms with Crippen LogP contribution in [0.5, 0.6) is 5.75 Å². The SMILES string of the molecule is CN(C)[C@@H]1C(=O)C(C(N)=O)=C(O)[C@@]2(O)C(=O)C3=C(O)c4c(ccc(CN5CCC(C(F)(F)F)CC5)c4O)C[C@H]3C[C@@H]12. The largest absolute Gasteiger partial charge is 0.508 e. The van der Waals surface area contributed by atoms with Crippen LogP contribution in [0.4, 0.5) is 13.2 Å². The number of ketones is 2. The van der Waals surface area contributed by atoms with E-state index in [-0.39, 0.29) is 62.2 Å². The Morgan fingerprint density at radius 2 is 1.78 bits per heavy atom. The van der Waals surface area contributed by atoms with Gasteiger partial charge in [-0.25, -0.2) is 0 Å². The highest BCUT2D eigenvalue weighted by Crippen LogP contribution is 2.53. The topological polar surface area (TPSA) is 165 Å². The number of carbonyl (C=O) groups excluding carboxylic acids is 3. The Bertz CT molecular complexity index is 1390. The monoisotopic (exact) mass is 579 g/mol. The summed E-state index contributed by atoms with van der Waals surface area (Å²) in [6.07, 6.45) is -4.24. The molecule has 1 aromatic rings. The molecule has 1 amide bonds. The molecule has 0 aromatic heterocycles. The number of hydrogen-bond donors (Lipinski definition) is 5. The van der Waals surface area contributed by atoms with Crippen molar-refractivity contribution in [3.63, 3.8) is 0 Å². The molecule has 1 heterocycles. The lowest BCUT2D eigenvalue weighted by molar-refractivity contribution is -0.185. The van der Waals surface area contributed by atoms with Gasteiger partial charge in [0.25, 0.3) is 5.91 Å². The Morgan fingerprint density at radius 3 is 2.34 bits per heavy atom. The molecule has 1 aliphatic heterocycles. The number of primary amides is 1. The number of rotatable bonds is 4. The molecule has 0 spiro atoms. The summed E-state index contributed by atoms with van der Waals surface area (Å²) in [7, 11) is 3.05. The molecule has 41 heavy (non-hydrogen) atoms. The van der Waals surface area contributed by atoms with Crippen molar-refractivity contribution in [2.75, 3.05) is 27.2 Å². The second-order valence-corrected chi connectivity index (χ2v) is 11.7. The van der Waals surface area contributed by atoms with Crippen molar-refractivity contribution in [1.82, 2.24) is 9.80 Å². The molecule has 0 unspecified atom stereocenters. The number of nitrogens with zero attached hydrogens (tertiary/aromatic N) is 2. The zero-order valence-corrected chi connectivity index (χ0v) is 22.5. The van der Waals surface area contributed by atoms with Crippen molar-refractivity contribution in [2.45, 2.75) is 50.0 Å². The number of piperidine rings is 1. The summed E-state index contributed by atoms with van der Waals surface area (Å²) >= 11 is 0. The van der Waals surface area contributed by atoms with E-state index in [1.54, 1.807) is 17.0 Å². The Labute approximate surface area is 233 Å². The number of aromatic hydroxyl groups is 1. The van der Waals surface area contributed by atoms with E-state index in [1.165, 1.54) is 19.0 Å². The van der Waals surface area contributed by atoms with E-state index in [0.29, 0.717) is 11.1 Å². The molecule has 13 heteroatoms. The summed E-state index contributed by atoms with van der Waals surface area (Å²) in [4.78, 5) is 42.3. The van der Waals surface area contributed by atoms with E-state index in [0.717, 1.165) is 0 Å². The molecule has 1 saturated carbocycles. The number of Topliss-reactive ketones (excluding diaryl/α,β-unsaturated/α-hetero) is 2. The van der Waals surface area contributed by atoms with E-state index in [9.17, 15) is 48.0 Å². The fourth-order valence-corrected chi connectivity index (χ4v) is 7.05. The summed E-state index contributed by atoms with van der Waals surface area (Å²) in [5, 5.41) is 45.1. The number of hydrogen-bond acceptors (Lipinski definition) is 9. The van der Waals surface area contributed by atoms with Gasteiger partial charge in [0, 0.05) is 23.6 Å². The van der Waals surface area contributed by atoms with Gasteiger partial charge in [0.15, 0.2) is 11.4 Å². The van der Waals surface area contributed by atoms with Crippen molar-refractivity contribution in [1.29, 1.82) is 0 Å². The molecule has 0 bridgehead atoms. The zero-order chi connectivity index (χ0) is 30.2. The number of phenolic OH excluding ortho intramolecular Hbond substituents is 1. The van der Waals surface area contributed by atoms with Crippen molar-refractivity contribution in [3.05, 3.63) is 45.7 Å². The first kappa shape index (κ1) is 29.1. The number of likely N-dealkylation sites (tertiary alicyclic amines) is 1. The van der Waals surface area contributed by atoms with Crippen LogP contribution in [0, 0.1) is 17.8 Å². The Morgan fingerprint density at radius 1 is 1.15 bits per heavy atom. The highest BCUT2D eigenvalue weighted by molar-refractivity contribution is 6.24. The van der Waals surface area contributed by atoms with Gasteiger partial charge in [0.2, 0.25) is 5.78 Å². The average Bonchev–Trinajstić information content (AvgIpc) is 2.87. The van der Waals surface area contributed by atoms with Gasteiger partial charge >= 0.3 is 6.18 Å². The molecule has 5 rings (SSSR count). The molecule has 1 saturated heterocycles. The molecule has 0 radical (unpaired) electrons. The normalized spacial score (nSPS) is 29.5. The lowest BCUT2D eigenvalue weighted by Gasteiger charge is -2.50. The molecule has 1 aromatic carbocycles. The van der Waals surface area contributed by atoms with Gasteiger partial charge < -0.3 is 26.2 Å². The minimum Gasteiger partial charge on any atom is -0.508 e. The molecule has 10 nitrogen and oxygen atoms in total. The second kappa shape index (κ2) is 9.85. The van der Waals surface area contributed by atoms with Crippen LogP contribution in [0.15, 0.2) is 29.0 Å². The minimum absolute atomic E-state index is 0.0115. The number of carbonyl (C=O) groups is 3. The van der Waals surface area contributed by atoms with Gasteiger partial charge in [-0.1, -0.05) is 12.1 Å². The summed E-state index contributed by atoms with van der Waals surface area (Å²) in [5.41, 5.74) is 2.28. The summed E-state index contributed by atoms with van der Waals surface area (Å²) in [5.74, 6) is -8.54. The van der Waals surface area contributed by atoms with Gasteiger partial charge in [-0.05, 0) is 64.3 Å². The van der Waals surface area contributed by atoms with Gasteiger partial charge in [-0.3, -0.25) is 24.2 Å². The zero-order valence-electron chi connectivity index (χ0n) is 22.5. The summed E-state index contributed by atoms with van der Waals surface area (Å²) in [6.45, 7) is 0.457. The van der Waals surface area contributed by atoms with Gasteiger partial charge in [-0.15, -0.1) is 0 Å². The van der Waals surface area contributed by atoms with E-state index in [1.807, 2.05) is 0 Å². The van der Waals surface area contributed by atoms with E-state index in [4.69, 9.17) is 5.73 Å². The van der Waals surface area contributed by atoms with Crippen LogP contribution >= 0.6 is 0 Å². The van der Waals surface area contributed by atoms with Crippen molar-refractivity contribution >= 4 is 23.2 Å². The molecule has 3 aliphatic carbocycles. The molecule has 222 valence electrons. The number of alkyl halides is 3. The third-order valence-electron chi connectivity index (χ3n) is 9.12. The number of amides is 1. The van der Waals surface area contributed by atoms with Crippen molar-refractivity contribution in [3.8, 4) is 5.75 Å². The number of likely N-dealkylation sites (N-methyl/N-ethyl adjacent to an activating group) is 1. The fourth-order valence-electron chi connectivity index (χ4n) is 7.05. The van der Waals surface area contributed by atoms with Crippen LogP contribution in [-0.2, 0) is 27.3 Å². The van der Waals surface area contributed by atoms with Crippen LogP contribution in [-0.4, -0.2) is 92.7 Å². The van der Waals surface area contributed by atoms with Crippen LogP contribution in [0.3, 0.4) is 0 Å². The maximum absolute atomic E-state index is 13.9. The molecular formula is C28H32F3N3O7. The lowest BCUT2D eigenvalue weighted by Crippen LogP contribution is -2.65. The number of nitrogens with two attached hydrogens (primary N) is 1. The second-order valence-electron chi connectivity index (χ2n) is 11.7.